The fourth-order valence-electron chi connectivity index (χ4n) is 2.02. The predicted molar refractivity (Wildman–Crippen MR) is 65.2 cm³/mol. The van der Waals surface area contributed by atoms with Gasteiger partial charge in [0.25, 0.3) is 0 Å². The Morgan fingerprint density at radius 1 is 1.20 bits per heavy atom. The monoisotopic (exact) mass is 202 g/mol. The maximum Gasteiger partial charge on any atom is 0.0504 e. The van der Waals surface area contributed by atoms with Crippen molar-refractivity contribution in [3.8, 4) is 0 Å². The lowest BCUT2D eigenvalue weighted by molar-refractivity contribution is 0.404. The van der Waals surface area contributed by atoms with Gasteiger partial charge in [-0.3, -0.25) is 0 Å². The van der Waals surface area contributed by atoms with Crippen LogP contribution in [0.15, 0.2) is 18.2 Å². The molecule has 2 heteroatoms. The highest BCUT2D eigenvalue weighted by molar-refractivity contribution is 5.87. The molecule has 2 aromatic rings. The van der Waals surface area contributed by atoms with Gasteiger partial charge in [-0.1, -0.05) is 18.2 Å². The number of hydrogen-bond donors (Lipinski definition) is 1. The number of para-hydroxylation sites is 1. The van der Waals surface area contributed by atoms with Crippen molar-refractivity contribution < 1.29 is 0 Å². The number of rotatable bonds is 2. The fraction of sp³-hybridized carbons (Fsp3) is 0.385. The van der Waals surface area contributed by atoms with Crippen LogP contribution in [0.1, 0.15) is 16.8 Å². The van der Waals surface area contributed by atoms with Crippen molar-refractivity contribution in [3.05, 3.63) is 35.0 Å². The maximum absolute atomic E-state index is 3.47. The van der Waals surface area contributed by atoms with Crippen molar-refractivity contribution in [2.24, 2.45) is 0 Å². The van der Waals surface area contributed by atoms with Gasteiger partial charge in [0.15, 0.2) is 0 Å². The molecule has 0 aliphatic carbocycles. The van der Waals surface area contributed by atoms with Crippen molar-refractivity contribution in [2.45, 2.75) is 20.4 Å². The Morgan fingerprint density at radius 3 is 2.60 bits per heavy atom. The number of nitrogens with one attached hydrogen (secondary N) is 1. The number of nitrogens with zero attached hydrogens (tertiary/aromatic N) is 1. The minimum absolute atomic E-state index is 0.983. The smallest absolute Gasteiger partial charge is 0.0504 e. The van der Waals surface area contributed by atoms with Gasteiger partial charge < -0.3 is 9.88 Å². The molecule has 0 fully saturated rings. The summed E-state index contributed by atoms with van der Waals surface area (Å²) in [6.07, 6.45) is 0. The molecule has 0 radical (unpaired) electrons. The zero-order valence-electron chi connectivity index (χ0n) is 9.89. The predicted octanol–water partition coefficient (Wildman–Crippen LogP) is 2.85. The molecule has 0 bridgehead atoms. The first-order chi connectivity index (χ1) is 7.09. The van der Waals surface area contributed by atoms with Gasteiger partial charge in [0.1, 0.15) is 0 Å². The van der Waals surface area contributed by atoms with E-state index in [1.165, 1.54) is 27.7 Å². The quantitative estimate of drug-likeness (QED) is 0.793. The van der Waals surface area contributed by atoms with E-state index in [1.807, 2.05) is 0 Å². The average Bonchev–Trinajstić information content (AvgIpc) is 2.45. The topological polar surface area (TPSA) is 19.0 Å². The first-order valence-electron chi connectivity index (χ1n) is 5.31. The number of aryl methyl sites for hydroxylation is 2. The van der Waals surface area contributed by atoms with Gasteiger partial charge in [0.05, 0.1) is 5.52 Å². The van der Waals surface area contributed by atoms with E-state index in [4.69, 9.17) is 0 Å². The van der Waals surface area contributed by atoms with Gasteiger partial charge in [0, 0.05) is 17.6 Å². The summed E-state index contributed by atoms with van der Waals surface area (Å²) in [5.41, 5.74) is 5.30. The molecule has 2 nitrogen and oxygen atoms in total. The number of hydrogen-bond acceptors (Lipinski definition) is 1. The normalized spacial score (nSPS) is 11.5. The molecule has 1 N–H and O–H groups in total. The molecule has 15 heavy (non-hydrogen) atoms. The summed E-state index contributed by atoms with van der Waals surface area (Å²) in [5.74, 6) is 0. The number of fused-ring (bicyclic) bond motifs is 1. The van der Waals surface area contributed by atoms with Gasteiger partial charge in [0.2, 0.25) is 0 Å². The molecule has 1 aromatic heterocycles. The third-order valence-corrected chi connectivity index (χ3v) is 2.92. The molecule has 80 valence electrons. The van der Waals surface area contributed by atoms with Crippen LogP contribution in [0, 0.1) is 13.8 Å². The van der Waals surface area contributed by atoms with Crippen molar-refractivity contribution in [1.29, 1.82) is 0 Å². The molecule has 0 amide bonds. The Kier molecular flexibility index (Phi) is 2.53. The highest BCUT2D eigenvalue weighted by atomic mass is 15.0. The zero-order chi connectivity index (χ0) is 11.0. The second-order valence-corrected chi connectivity index (χ2v) is 4.45. The van der Waals surface area contributed by atoms with Gasteiger partial charge in [-0.05, 0) is 39.1 Å². The number of aromatic amines is 1. The fourth-order valence-corrected chi connectivity index (χ4v) is 2.02. The molecule has 0 aliphatic heterocycles. The van der Waals surface area contributed by atoms with Gasteiger partial charge >= 0.3 is 0 Å². The zero-order valence-corrected chi connectivity index (χ0v) is 9.89. The third kappa shape index (κ3) is 1.77. The molecule has 0 atom stereocenters. The Bertz CT molecular complexity index is 480. The Morgan fingerprint density at radius 2 is 1.93 bits per heavy atom. The van der Waals surface area contributed by atoms with Gasteiger partial charge in [-0.25, -0.2) is 0 Å². The molecule has 0 spiro atoms. The lowest BCUT2D eigenvalue weighted by Crippen LogP contribution is -2.10. The lowest BCUT2D eigenvalue weighted by atomic mass is 10.1. The molecule has 0 aliphatic rings. The molecule has 0 saturated heterocycles. The van der Waals surface area contributed by atoms with Crippen LogP contribution in [0.2, 0.25) is 0 Å². The minimum atomic E-state index is 0.983. The van der Waals surface area contributed by atoms with E-state index in [2.05, 4.69) is 56.0 Å². The number of aromatic nitrogens is 1. The summed E-state index contributed by atoms with van der Waals surface area (Å²) < 4.78 is 0. The summed E-state index contributed by atoms with van der Waals surface area (Å²) in [5, 5.41) is 1.35. The molecule has 1 aromatic carbocycles. The maximum atomic E-state index is 3.47. The van der Waals surface area contributed by atoms with E-state index < -0.39 is 0 Å². The van der Waals surface area contributed by atoms with E-state index in [1.54, 1.807) is 0 Å². The largest absolute Gasteiger partial charge is 0.358 e. The molecule has 2 rings (SSSR count). The summed E-state index contributed by atoms with van der Waals surface area (Å²) >= 11 is 0. The molecule has 0 unspecified atom stereocenters. The van der Waals surface area contributed by atoms with E-state index in [0.29, 0.717) is 0 Å². The highest BCUT2D eigenvalue weighted by Crippen LogP contribution is 2.24. The van der Waals surface area contributed by atoms with Crippen molar-refractivity contribution in [1.82, 2.24) is 9.88 Å². The molecule has 1 heterocycles. The van der Waals surface area contributed by atoms with Crippen LogP contribution in [0.5, 0.6) is 0 Å². The second-order valence-electron chi connectivity index (χ2n) is 4.45. The Labute approximate surface area is 90.9 Å². The summed E-state index contributed by atoms with van der Waals surface area (Å²) in [6.45, 7) is 5.29. The van der Waals surface area contributed by atoms with Gasteiger partial charge in [-0.15, -0.1) is 0 Å². The SMILES string of the molecule is Cc1[nH]c2c(CN(C)C)cccc2c1C. The van der Waals surface area contributed by atoms with E-state index >= 15 is 0 Å². The van der Waals surface area contributed by atoms with Crippen LogP contribution < -0.4 is 0 Å². The minimum Gasteiger partial charge on any atom is -0.358 e. The Balaban J connectivity index is 2.61. The van der Waals surface area contributed by atoms with Gasteiger partial charge in [-0.2, -0.15) is 0 Å². The molecular formula is C13H18N2. The second kappa shape index (κ2) is 3.70. The summed E-state index contributed by atoms with van der Waals surface area (Å²) in [7, 11) is 4.20. The van der Waals surface area contributed by atoms with Crippen LogP contribution in [0.25, 0.3) is 10.9 Å². The first-order valence-corrected chi connectivity index (χ1v) is 5.31. The average molecular weight is 202 g/mol. The van der Waals surface area contributed by atoms with Crippen LogP contribution in [-0.4, -0.2) is 24.0 Å². The molecular weight excluding hydrogens is 184 g/mol. The van der Waals surface area contributed by atoms with Crippen molar-refractivity contribution >= 4 is 10.9 Å². The summed E-state index contributed by atoms with van der Waals surface area (Å²) in [4.78, 5) is 5.67. The summed E-state index contributed by atoms with van der Waals surface area (Å²) in [6, 6.07) is 6.52. The van der Waals surface area contributed by atoms with Crippen LogP contribution in [-0.2, 0) is 6.54 Å². The van der Waals surface area contributed by atoms with E-state index in [0.717, 1.165) is 6.54 Å². The Hall–Kier alpha value is -1.28. The molecule has 0 saturated carbocycles. The standard InChI is InChI=1S/C13H18N2/c1-9-10(2)14-13-11(8-15(3)4)6-5-7-12(9)13/h5-7,14H,8H2,1-4H3. The van der Waals surface area contributed by atoms with E-state index in [-0.39, 0.29) is 0 Å². The van der Waals surface area contributed by atoms with Crippen molar-refractivity contribution in [2.75, 3.05) is 14.1 Å². The van der Waals surface area contributed by atoms with E-state index in [9.17, 15) is 0 Å². The number of benzene rings is 1. The van der Waals surface area contributed by atoms with Crippen LogP contribution in [0.4, 0.5) is 0 Å². The third-order valence-electron chi connectivity index (χ3n) is 2.92. The number of H-pyrrole nitrogens is 1. The van der Waals surface area contributed by atoms with Crippen molar-refractivity contribution in [3.63, 3.8) is 0 Å². The van der Waals surface area contributed by atoms with Crippen LogP contribution in [0.3, 0.4) is 0 Å². The lowest BCUT2D eigenvalue weighted by Gasteiger charge is -2.10. The van der Waals surface area contributed by atoms with Crippen LogP contribution >= 0.6 is 0 Å². The highest BCUT2D eigenvalue weighted by Gasteiger charge is 2.07. The first kappa shape index (κ1) is 10.2.